The summed E-state index contributed by atoms with van der Waals surface area (Å²) in [5.74, 6) is 1.23. The van der Waals surface area contributed by atoms with Crippen LogP contribution < -0.4 is 44.7 Å². The maximum atomic E-state index is 14.0. The van der Waals surface area contributed by atoms with Gasteiger partial charge in [0.1, 0.15) is 13.2 Å². The van der Waals surface area contributed by atoms with E-state index in [1.807, 2.05) is 77.8 Å². The molecule has 4 aliphatic rings. The number of benzene rings is 5. The number of carbonyl (C=O) groups is 3. The van der Waals surface area contributed by atoms with Gasteiger partial charge in [0.05, 0.1) is 54.8 Å². The molecule has 3 N–H and O–H groups in total. The Labute approximate surface area is 341 Å². The van der Waals surface area contributed by atoms with Crippen LogP contribution in [0.25, 0.3) is 0 Å². The van der Waals surface area contributed by atoms with E-state index in [1.54, 1.807) is 44.2 Å². The molecule has 4 aliphatic heterocycles. The molecule has 0 bridgehead atoms. The van der Waals surface area contributed by atoms with Gasteiger partial charge in [0, 0.05) is 48.4 Å². The second-order valence-electron chi connectivity index (χ2n) is 15.1. The number of nitrogens with one attached hydrogen (secondary N) is 3. The summed E-state index contributed by atoms with van der Waals surface area (Å²) in [7, 11) is 4.80. The van der Waals surface area contributed by atoms with E-state index in [0.29, 0.717) is 64.2 Å². The summed E-state index contributed by atoms with van der Waals surface area (Å²) in [4.78, 5) is 49.3. The van der Waals surface area contributed by atoms with Gasteiger partial charge in [0.25, 0.3) is 11.8 Å². The highest BCUT2D eigenvalue weighted by Crippen LogP contribution is 2.43. The fraction of sp³-hybridized carbons (Fsp3) is 0.261. The van der Waals surface area contributed by atoms with E-state index in [2.05, 4.69) is 22.0 Å². The van der Waals surface area contributed by atoms with Crippen molar-refractivity contribution in [2.24, 2.45) is 4.99 Å². The van der Waals surface area contributed by atoms with Gasteiger partial charge >= 0.3 is 0 Å². The highest BCUT2D eigenvalue weighted by molar-refractivity contribution is 6.15. The summed E-state index contributed by atoms with van der Waals surface area (Å²) in [5.41, 5.74) is 8.22. The van der Waals surface area contributed by atoms with Gasteiger partial charge in [-0.3, -0.25) is 24.3 Å². The lowest BCUT2D eigenvalue weighted by Gasteiger charge is -2.22. The molecule has 1 unspecified atom stereocenters. The number of ether oxygens (including phenoxy) is 4. The van der Waals surface area contributed by atoms with Crippen LogP contribution in [0.15, 0.2) is 96.0 Å². The summed E-state index contributed by atoms with van der Waals surface area (Å²) in [6.07, 6.45) is 3.28. The molecule has 59 heavy (non-hydrogen) atoms. The first-order valence-electron chi connectivity index (χ1n) is 19.6. The third kappa shape index (κ3) is 6.97. The minimum atomic E-state index is -0.436. The fourth-order valence-corrected chi connectivity index (χ4v) is 8.31. The lowest BCUT2D eigenvalue weighted by molar-refractivity contribution is -0.117. The lowest BCUT2D eigenvalue weighted by Crippen LogP contribution is -2.39. The maximum absolute atomic E-state index is 14.0. The molecule has 5 aromatic carbocycles. The van der Waals surface area contributed by atoms with Gasteiger partial charge in [0.15, 0.2) is 23.0 Å². The Morgan fingerprint density at radius 1 is 0.780 bits per heavy atom. The maximum Gasteiger partial charge on any atom is 0.261 e. The zero-order chi connectivity index (χ0) is 40.8. The van der Waals surface area contributed by atoms with E-state index in [4.69, 9.17) is 23.9 Å². The standard InChI is InChI=1S/C46H44N6O7/c1-26(47-2)44(53)50-31-14-27(24-58-42-20-36-34(18-40(42)56-3)45(54)51-32(22-48-36)16-29-9-5-7-11-38(29)51)13-28(15-31)25-59-43-21-37-35(19-41(43)57-4)46(55)52-33(23-49-37)17-30-10-6-8-12-39(30)52/h5-15,18-22,26,32-33,47,49H,16-17,23-25H2,1-4H3,(H,50,53)/t26?,32-,33-/m0/s1. The van der Waals surface area contributed by atoms with Crippen molar-refractivity contribution < 1.29 is 33.3 Å². The Bertz CT molecular complexity index is 2540. The van der Waals surface area contributed by atoms with Gasteiger partial charge in [-0.1, -0.05) is 36.4 Å². The summed E-state index contributed by atoms with van der Waals surface area (Å²) < 4.78 is 24.3. The number of methoxy groups -OCH3 is 2. The predicted octanol–water partition coefficient (Wildman–Crippen LogP) is 6.69. The summed E-state index contributed by atoms with van der Waals surface area (Å²) in [6, 6.07) is 27.9. The molecule has 9 rings (SSSR count). The van der Waals surface area contributed by atoms with E-state index in [1.165, 1.54) is 7.11 Å². The van der Waals surface area contributed by atoms with Crippen molar-refractivity contribution in [2.75, 3.05) is 48.2 Å². The number of para-hydroxylation sites is 2. The molecule has 5 aromatic rings. The molecule has 3 amide bonds. The largest absolute Gasteiger partial charge is 0.493 e. The predicted molar refractivity (Wildman–Crippen MR) is 226 cm³/mol. The number of fused-ring (bicyclic) bond motifs is 8. The van der Waals surface area contributed by atoms with Gasteiger partial charge in [-0.05, 0) is 85.1 Å². The molecule has 3 atom stereocenters. The van der Waals surface area contributed by atoms with Crippen LogP contribution in [0, 0.1) is 0 Å². The van der Waals surface area contributed by atoms with Crippen LogP contribution in [0.4, 0.5) is 28.4 Å². The van der Waals surface area contributed by atoms with Crippen molar-refractivity contribution in [1.82, 2.24) is 5.32 Å². The molecular formula is C46H44N6O7. The average molecular weight is 793 g/mol. The fourth-order valence-electron chi connectivity index (χ4n) is 8.31. The van der Waals surface area contributed by atoms with Crippen LogP contribution in [0.2, 0.25) is 0 Å². The SMILES string of the molecule is CNC(C)C(=O)Nc1cc(COc2cc3c(cc2OC)C(=O)N2c4ccccc4C[C@H]2C=N3)cc(COc2cc3c(cc2OC)C(=O)N2c4ccccc4C[C@H]2CN3)c1. The topological polar surface area (TPSA) is 143 Å². The van der Waals surface area contributed by atoms with Gasteiger partial charge in [-0.2, -0.15) is 0 Å². The minimum Gasteiger partial charge on any atom is -0.493 e. The zero-order valence-corrected chi connectivity index (χ0v) is 33.2. The van der Waals surface area contributed by atoms with Crippen LogP contribution in [-0.2, 0) is 30.8 Å². The lowest BCUT2D eigenvalue weighted by atomic mass is 10.1. The van der Waals surface area contributed by atoms with Crippen molar-refractivity contribution in [3.63, 3.8) is 0 Å². The van der Waals surface area contributed by atoms with Crippen molar-refractivity contribution in [3.05, 3.63) is 124 Å². The molecule has 0 spiro atoms. The van der Waals surface area contributed by atoms with Crippen LogP contribution in [0.5, 0.6) is 23.0 Å². The Morgan fingerprint density at radius 3 is 2.07 bits per heavy atom. The van der Waals surface area contributed by atoms with Crippen LogP contribution >= 0.6 is 0 Å². The van der Waals surface area contributed by atoms with Crippen molar-refractivity contribution in [1.29, 1.82) is 0 Å². The highest BCUT2D eigenvalue weighted by atomic mass is 16.5. The van der Waals surface area contributed by atoms with Crippen LogP contribution in [0.3, 0.4) is 0 Å². The number of rotatable bonds is 11. The van der Waals surface area contributed by atoms with Crippen molar-refractivity contribution >= 4 is 52.4 Å². The van der Waals surface area contributed by atoms with Gasteiger partial charge in [-0.15, -0.1) is 0 Å². The number of amides is 3. The number of likely N-dealkylation sites (N-methyl/N-ethyl adjacent to an activating group) is 1. The van der Waals surface area contributed by atoms with E-state index >= 15 is 0 Å². The first-order chi connectivity index (χ1) is 28.7. The summed E-state index contributed by atoms with van der Waals surface area (Å²) in [5, 5.41) is 9.45. The second kappa shape index (κ2) is 15.5. The smallest absolute Gasteiger partial charge is 0.261 e. The number of carbonyl (C=O) groups excluding carboxylic acids is 3. The van der Waals surface area contributed by atoms with Gasteiger partial charge in [0.2, 0.25) is 5.91 Å². The van der Waals surface area contributed by atoms with E-state index in [9.17, 15) is 14.4 Å². The molecule has 0 aliphatic carbocycles. The first kappa shape index (κ1) is 37.7. The molecule has 0 saturated heterocycles. The van der Waals surface area contributed by atoms with Crippen molar-refractivity contribution in [2.45, 2.75) is 51.1 Å². The third-order valence-corrected chi connectivity index (χ3v) is 11.4. The first-order valence-corrected chi connectivity index (χ1v) is 19.6. The molecule has 0 fully saturated rings. The van der Waals surface area contributed by atoms with E-state index in [0.717, 1.165) is 40.0 Å². The quantitative estimate of drug-likeness (QED) is 0.133. The summed E-state index contributed by atoms with van der Waals surface area (Å²) in [6.45, 7) is 2.57. The van der Waals surface area contributed by atoms with E-state index < -0.39 is 6.04 Å². The molecular weight excluding hydrogens is 749 g/mol. The number of aliphatic imine (C=N–C) groups is 1. The summed E-state index contributed by atoms with van der Waals surface area (Å²) >= 11 is 0. The van der Waals surface area contributed by atoms with E-state index in [-0.39, 0.29) is 43.0 Å². The Kier molecular flexibility index (Phi) is 9.89. The normalized spacial score (nSPS) is 17.6. The monoisotopic (exact) mass is 792 g/mol. The Morgan fingerprint density at radius 2 is 1.39 bits per heavy atom. The number of hydrogen-bond acceptors (Lipinski definition) is 10. The molecule has 13 nitrogen and oxygen atoms in total. The van der Waals surface area contributed by atoms with Crippen LogP contribution in [0.1, 0.15) is 49.9 Å². The van der Waals surface area contributed by atoms with Gasteiger partial charge in [-0.25, -0.2) is 0 Å². The molecule has 0 saturated carbocycles. The average Bonchev–Trinajstić information content (AvgIpc) is 3.75. The zero-order valence-electron chi connectivity index (χ0n) is 33.2. The van der Waals surface area contributed by atoms with Crippen molar-refractivity contribution in [3.8, 4) is 23.0 Å². The third-order valence-electron chi connectivity index (χ3n) is 11.4. The number of hydrogen-bond donors (Lipinski definition) is 3. The molecule has 4 heterocycles. The highest BCUT2D eigenvalue weighted by Gasteiger charge is 2.38. The number of anilines is 4. The Hall–Kier alpha value is -6.86. The Balaban J connectivity index is 0.970. The molecule has 13 heteroatoms. The molecule has 0 aromatic heterocycles. The minimum absolute atomic E-state index is 0.0104. The second-order valence-corrected chi connectivity index (χ2v) is 15.1. The molecule has 300 valence electrons. The molecule has 0 radical (unpaired) electrons. The van der Waals surface area contributed by atoms with Gasteiger partial charge < -0.3 is 39.8 Å². The van der Waals surface area contributed by atoms with Crippen LogP contribution in [-0.4, -0.2) is 69.9 Å². The number of nitrogens with zero attached hydrogens (tertiary/aromatic N) is 3.